The van der Waals surface area contributed by atoms with Gasteiger partial charge in [0.1, 0.15) is 10.8 Å². The third-order valence-corrected chi connectivity index (χ3v) is 5.55. The van der Waals surface area contributed by atoms with Gasteiger partial charge in [0, 0.05) is 24.0 Å². The molecule has 1 aliphatic heterocycles. The van der Waals surface area contributed by atoms with Crippen LogP contribution in [-0.2, 0) is 13.1 Å². The van der Waals surface area contributed by atoms with Gasteiger partial charge in [-0.3, -0.25) is 9.48 Å². The summed E-state index contributed by atoms with van der Waals surface area (Å²) in [5.74, 6) is -0.432. The molecule has 0 aliphatic carbocycles. The van der Waals surface area contributed by atoms with Gasteiger partial charge < -0.3 is 16.0 Å². The van der Waals surface area contributed by atoms with Crippen LogP contribution in [0.15, 0.2) is 36.5 Å². The van der Waals surface area contributed by atoms with Crippen LogP contribution in [0.25, 0.3) is 11.3 Å². The highest BCUT2D eigenvalue weighted by molar-refractivity contribution is 6.41. The average Bonchev–Trinajstić information content (AvgIpc) is 3.15. The highest BCUT2D eigenvalue weighted by Gasteiger charge is 2.30. The number of nitrogens with two attached hydrogens (primary N) is 1. The zero-order valence-electron chi connectivity index (χ0n) is 16.0. The lowest BCUT2D eigenvalue weighted by atomic mass is 10.1. The number of anilines is 1. The number of aromatic nitrogens is 3. The number of nitrogens with one attached hydrogen (secondary N) is 1. The molecule has 0 radical (unpaired) electrons. The minimum absolute atomic E-state index is 0.132. The van der Waals surface area contributed by atoms with E-state index in [1.165, 1.54) is 11.1 Å². The van der Waals surface area contributed by atoms with Crippen molar-refractivity contribution in [3.63, 3.8) is 0 Å². The van der Waals surface area contributed by atoms with E-state index in [9.17, 15) is 9.59 Å². The van der Waals surface area contributed by atoms with Crippen LogP contribution >= 0.6 is 23.2 Å². The Balaban J connectivity index is 1.78. The van der Waals surface area contributed by atoms with Crippen molar-refractivity contribution in [3.8, 4) is 17.3 Å². The number of hydrogen-bond acceptors (Lipinski definition) is 5. The van der Waals surface area contributed by atoms with E-state index >= 15 is 0 Å². The third-order valence-electron chi connectivity index (χ3n) is 4.86. The Morgan fingerprint density at radius 2 is 1.94 bits per heavy atom. The molecule has 0 atom stereocenters. The molecule has 3 heterocycles. The van der Waals surface area contributed by atoms with E-state index in [-0.39, 0.29) is 22.3 Å². The molecule has 3 N–H and O–H groups in total. The Bertz CT molecular complexity index is 1230. The first-order valence-electron chi connectivity index (χ1n) is 9.14. The Kier molecular flexibility index (Phi) is 5.50. The highest BCUT2D eigenvalue weighted by Crippen LogP contribution is 2.32. The maximum atomic E-state index is 13.3. The number of rotatable bonds is 3. The van der Waals surface area contributed by atoms with Crippen LogP contribution in [0.3, 0.4) is 0 Å². The fourth-order valence-electron chi connectivity index (χ4n) is 3.32. The van der Waals surface area contributed by atoms with Crippen LogP contribution in [0.1, 0.15) is 21.6 Å². The first-order chi connectivity index (χ1) is 14.9. The van der Waals surface area contributed by atoms with Crippen molar-refractivity contribution in [3.05, 3.63) is 63.5 Å². The van der Waals surface area contributed by atoms with Gasteiger partial charge in [-0.2, -0.15) is 10.4 Å². The molecule has 1 aliphatic rings. The van der Waals surface area contributed by atoms with E-state index in [1.807, 2.05) is 6.07 Å². The molecule has 11 heteroatoms. The van der Waals surface area contributed by atoms with E-state index < -0.39 is 11.9 Å². The number of benzene rings is 1. The van der Waals surface area contributed by atoms with Gasteiger partial charge >= 0.3 is 6.03 Å². The quantitative estimate of drug-likeness (QED) is 0.585. The normalized spacial score (nSPS) is 12.7. The number of urea groups is 1. The topological polar surface area (TPSA) is 130 Å². The predicted octanol–water partition coefficient (Wildman–Crippen LogP) is 3.27. The second-order valence-electron chi connectivity index (χ2n) is 6.79. The standard InChI is InChI=1S/C20H15Cl2N7O2/c21-14-7-12(9-25-18(14)22)17-16(15-10-28(20(24)31)5-6-29(15)27-17)19(30)26-13-3-1-11(8-23)2-4-13/h1-4,7,9H,5-6,10H2,(H2,24,31)(H,26,30). The van der Waals surface area contributed by atoms with Gasteiger partial charge in [0.25, 0.3) is 5.91 Å². The Hall–Kier alpha value is -3.61. The second kappa shape index (κ2) is 8.26. The largest absolute Gasteiger partial charge is 0.351 e. The van der Waals surface area contributed by atoms with E-state index in [4.69, 9.17) is 34.2 Å². The summed E-state index contributed by atoms with van der Waals surface area (Å²) < 4.78 is 1.67. The predicted molar refractivity (Wildman–Crippen MR) is 115 cm³/mol. The molecule has 0 saturated heterocycles. The van der Waals surface area contributed by atoms with Crippen molar-refractivity contribution in [2.75, 3.05) is 11.9 Å². The minimum Gasteiger partial charge on any atom is -0.351 e. The van der Waals surface area contributed by atoms with E-state index in [2.05, 4.69) is 15.4 Å². The lowest BCUT2D eigenvalue weighted by Gasteiger charge is -2.26. The molecular formula is C20H15Cl2N7O2. The van der Waals surface area contributed by atoms with E-state index in [0.29, 0.717) is 41.3 Å². The van der Waals surface area contributed by atoms with Crippen LogP contribution in [0.2, 0.25) is 10.2 Å². The lowest BCUT2D eigenvalue weighted by Crippen LogP contribution is -2.42. The summed E-state index contributed by atoms with van der Waals surface area (Å²) >= 11 is 12.0. The van der Waals surface area contributed by atoms with Gasteiger partial charge in [0.05, 0.1) is 41.0 Å². The van der Waals surface area contributed by atoms with Crippen molar-refractivity contribution in [2.24, 2.45) is 5.73 Å². The molecule has 9 nitrogen and oxygen atoms in total. The molecular weight excluding hydrogens is 441 g/mol. The zero-order chi connectivity index (χ0) is 22.1. The molecule has 0 spiro atoms. The van der Waals surface area contributed by atoms with E-state index in [1.54, 1.807) is 35.0 Å². The fraction of sp³-hybridized carbons (Fsp3) is 0.150. The molecule has 4 rings (SSSR count). The number of primary amides is 1. The number of pyridine rings is 1. The van der Waals surface area contributed by atoms with Gasteiger partial charge in [-0.1, -0.05) is 23.2 Å². The number of hydrogen-bond donors (Lipinski definition) is 2. The Morgan fingerprint density at radius 3 is 2.58 bits per heavy atom. The molecule has 31 heavy (non-hydrogen) atoms. The van der Waals surface area contributed by atoms with Crippen molar-refractivity contribution >= 4 is 40.8 Å². The Labute approximate surface area is 187 Å². The van der Waals surface area contributed by atoms with Crippen LogP contribution in [-0.4, -0.2) is 38.1 Å². The summed E-state index contributed by atoms with van der Waals surface area (Å²) in [5.41, 5.74) is 8.10. The number of halogens is 2. The molecule has 0 unspecified atom stereocenters. The van der Waals surface area contributed by atoms with Gasteiger partial charge in [-0.15, -0.1) is 0 Å². The first kappa shape index (κ1) is 20.7. The molecule has 1 aromatic carbocycles. The molecule has 3 amide bonds. The lowest BCUT2D eigenvalue weighted by molar-refractivity contribution is 0.102. The van der Waals surface area contributed by atoms with E-state index in [0.717, 1.165) is 0 Å². The second-order valence-corrected chi connectivity index (χ2v) is 7.56. The van der Waals surface area contributed by atoms with Crippen LogP contribution in [0.5, 0.6) is 0 Å². The molecule has 0 fully saturated rings. The average molecular weight is 456 g/mol. The van der Waals surface area contributed by atoms with Crippen molar-refractivity contribution < 1.29 is 9.59 Å². The van der Waals surface area contributed by atoms with Gasteiger partial charge in [-0.05, 0) is 30.3 Å². The third kappa shape index (κ3) is 4.03. The van der Waals surface area contributed by atoms with Crippen molar-refractivity contribution in [1.82, 2.24) is 19.7 Å². The summed E-state index contributed by atoms with van der Waals surface area (Å²) in [7, 11) is 0. The van der Waals surface area contributed by atoms with Crippen LogP contribution < -0.4 is 11.1 Å². The Morgan fingerprint density at radius 1 is 1.19 bits per heavy atom. The molecule has 3 aromatic rings. The zero-order valence-corrected chi connectivity index (χ0v) is 17.5. The van der Waals surface area contributed by atoms with Crippen LogP contribution in [0, 0.1) is 11.3 Å². The number of nitriles is 1. The monoisotopic (exact) mass is 455 g/mol. The van der Waals surface area contributed by atoms with Crippen LogP contribution in [0.4, 0.5) is 10.5 Å². The highest BCUT2D eigenvalue weighted by atomic mass is 35.5. The molecule has 156 valence electrons. The summed E-state index contributed by atoms with van der Waals surface area (Å²) in [6.07, 6.45) is 1.48. The summed E-state index contributed by atoms with van der Waals surface area (Å²) in [5, 5.41) is 16.7. The van der Waals surface area contributed by atoms with Gasteiger partial charge in [0.15, 0.2) is 0 Å². The summed E-state index contributed by atoms with van der Waals surface area (Å²) in [6.45, 7) is 0.886. The first-order valence-corrected chi connectivity index (χ1v) is 9.90. The number of amides is 3. The SMILES string of the molecule is N#Cc1ccc(NC(=O)c2c(-c3cnc(Cl)c(Cl)c3)nn3c2CN(C(N)=O)CC3)cc1. The minimum atomic E-state index is -0.580. The van der Waals surface area contributed by atoms with Crippen molar-refractivity contribution in [1.29, 1.82) is 5.26 Å². The molecule has 0 saturated carbocycles. The summed E-state index contributed by atoms with van der Waals surface area (Å²) in [4.78, 5) is 30.5. The summed E-state index contributed by atoms with van der Waals surface area (Å²) in [6, 6.07) is 9.48. The van der Waals surface area contributed by atoms with Crippen molar-refractivity contribution in [2.45, 2.75) is 13.1 Å². The number of fused-ring (bicyclic) bond motifs is 1. The van der Waals surface area contributed by atoms with Gasteiger partial charge in [0.2, 0.25) is 0 Å². The number of nitrogens with zero attached hydrogens (tertiary/aromatic N) is 5. The number of carbonyl (C=O) groups is 2. The maximum Gasteiger partial charge on any atom is 0.315 e. The maximum absolute atomic E-state index is 13.3. The number of carbonyl (C=O) groups excluding carboxylic acids is 2. The molecule has 0 bridgehead atoms. The fourth-order valence-corrected chi connectivity index (χ4v) is 3.59. The molecule has 2 aromatic heterocycles. The smallest absolute Gasteiger partial charge is 0.315 e. The van der Waals surface area contributed by atoms with Gasteiger partial charge in [-0.25, -0.2) is 9.78 Å².